The van der Waals surface area contributed by atoms with E-state index in [1.165, 1.54) is 72.8 Å². The zero-order valence-corrected chi connectivity index (χ0v) is 47.4. The number of aromatic hydroxyl groups is 4. The van der Waals surface area contributed by atoms with E-state index in [0.29, 0.717) is 0 Å². The van der Waals surface area contributed by atoms with E-state index in [4.69, 9.17) is 14.8 Å². The second-order valence-electron chi connectivity index (χ2n) is 20.1. The number of hydrogen-bond donors (Lipinski definition) is 14. The number of ether oxygens (including phenoxy) is 1. The van der Waals surface area contributed by atoms with E-state index in [-0.39, 0.29) is 173 Å². The average Bonchev–Trinajstić information content (AvgIpc) is 3.25. The molecule has 9 rings (SSSR count). The molecule has 4 aromatic carbocycles. The molecule has 4 aromatic rings. The predicted octanol–water partition coefficient (Wildman–Crippen LogP) is -1.27. The highest BCUT2D eigenvalue weighted by Crippen LogP contribution is 2.26. The quantitative estimate of drug-likeness (QED) is 0.0869. The summed E-state index contributed by atoms with van der Waals surface area (Å²) in [4.78, 5) is 148. The lowest BCUT2D eigenvalue weighted by Gasteiger charge is -2.28. The second-order valence-corrected chi connectivity index (χ2v) is 20.1. The van der Waals surface area contributed by atoms with Crippen LogP contribution in [0.1, 0.15) is 102 Å². The van der Waals surface area contributed by atoms with Gasteiger partial charge in [0.15, 0.2) is 0 Å². The number of amides is 9. The number of hydrogen-bond acceptors (Lipinski definition) is 19. The molecule has 29 nitrogen and oxygen atoms in total. The summed E-state index contributed by atoms with van der Waals surface area (Å²) in [6.45, 7) is -1.97. The number of nitrogens with one attached hydrogen (secondary N) is 9. The molecule has 87 heavy (non-hydrogen) atoms. The van der Waals surface area contributed by atoms with Crippen molar-refractivity contribution < 1.29 is 78.2 Å². The summed E-state index contributed by atoms with van der Waals surface area (Å²) >= 11 is 0. The fourth-order valence-corrected chi connectivity index (χ4v) is 9.51. The SMILES string of the molecule is O=C(O)COCC(=O)NCCCCC1NC(=O)c2cccc(c2O)C(=O)NCCN2CCNC(=O)c3cccc(c3O)C(=O)NCC1=NCCN=C1CNC(=O)c3cccc(c3O)C(=O)NCCN(CCNC(=O)c3cccc(c3O)C(=O)NC1)CC2. The van der Waals surface area contributed by atoms with Crippen molar-refractivity contribution in [3.8, 4) is 23.0 Å². The molecule has 5 aliphatic heterocycles. The molecule has 5 heterocycles. The molecule has 0 fully saturated rings. The van der Waals surface area contributed by atoms with Gasteiger partial charge in [-0.2, -0.15) is 0 Å². The number of aliphatic imine (C=N–C) groups is 2. The third-order valence-corrected chi connectivity index (χ3v) is 14.2. The van der Waals surface area contributed by atoms with Gasteiger partial charge in [-0.1, -0.05) is 24.3 Å². The van der Waals surface area contributed by atoms with E-state index in [1.54, 1.807) is 0 Å². The smallest absolute Gasteiger partial charge is 0.329 e. The molecular weight excluding hydrogens is 1130 g/mol. The van der Waals surface area contributed by atoms with Gasteiger partial charge in [0.2, 0.25) is 5.91 Å². The van der Waals surface area contributed by atoms with Gasteiger partial charge >= 0.3 is 5.97 Å². The molecule has 2 atom stereocenters. The van der Waals surface area contributed by atoms with Gasteiger partial charge in [-0.15, -0.1) is 0 Å². The summed E-state index contributed by atoms with van der Waals surface area (Å²) in [5, 5.41) is 79.3. The number of nitrogens with zero attached hydrogens (tertiary/aromatic N) is 4. The number of aliphatic carboxylic acids is 1. The van der Waals surface area contributed by atoms with Crippen molar-refractivity contribution in [3.63, 3.8) is 0 Å². The number of carboxylic acid groups (broad SMARTS) is 1. The normalized spacial score (nSPS) is 19.2. The lowest BCUT2D eigenvalue weighted by molar-refractivity contribution is -0.143. The number of carbonyl (C=O) groups excluding carboxylic acids is 9. The van der Waals surface area contributed by atoms with Crippen molar-refractivity contribution in [3.05, 3.63) is 117 Å². The molecule has 0 saturated carbocycles. The number of phenols is 4. The molecule has 0 aromatic heterocycles. The van der Waals surface area contributed by atoms with Gasteiger partial charge in [0.05, 0.1) is 94.7 Å². The fraction of sp³-hybridized carbons (Fsp3) is 0.379. The number of fused-ring (bicyclic) bond motifs is 10. The minimum atomic E-state index is -1.27. The Kier molecular flexibility index (Phi) is 23.6. The van der Waals surface area contributed by atoms with Gasteiger partial charge < -0.3 is 78.1 Å². The van der Waals surface area contributed by atoms with Crippen LogP contribution in [0.15, 0.2) is 82.8 Å². The first kappa shape index (κ1) is 64.6. The molecule has 9 amide bonds. The maximum absolute atomic E-state index is 14.5. The maximum atomic E-state index is 14.5. The number of unbranched alkanes of at least 4 members (excludes halogenated alkanes) is 1. The van der Waals surface area contributed by atoms with Crippen LogP contribution in [0.3, 0.4) is 0 Å². The van der Waals surface area contributed by atoms with Gasteiger partial charge in [0.1, 0.15) is 36.2 Å². The fourth-order valence-electron chi connectivity index (χ4n) is 9.51. The molecule has 5 aliphatic rings. The van der Waals surface area contributed by atoms with E-state index < -0.39 is 108 Å². The standard InChI is InChI=1S/C58H69N13O16/c72-45(32-87-33-46(73)74)61-16-2-1-15-43-44-31-68-57(85)41-13-5-9-37(49(41)77)53(81)64-21-25-71(26-22-65-54(82)38-10-6-14-42(50(38)78)58(86)69-43)28-27-70-23-19-62-51(79)35-7-3-11-39(47(35)75)55(83)66-29-34(59-17-18-60-44)30-67-56(84)40-12-4-8-36(48(40)76)52(80)63-20-24-70/h3-14,43,75-78H,1-2,15-33H2,(H,61,72)(H,62,79)(H,63,80)(H,64,81)(H,65,82)(H,66,83)(H,67,84)(H,68,85)(H,69,86)(H,73,74). The van der Waals surface area contributed by atoms with Crippen molar-refractivity contribution in [2.45, 2.75) is 25.3 Å². The van der Waals surface area contributed by atoms with Crippen LogP contribution in [0, 0.1) is 0 Å². The molecule has 462 valence electrons. The third kappa shape index (κ3) is 18.3. The van der Waals surface area contributed by atoms with Crippen LogP contribution in [0.5, 0.6) is 23.0 Å². The molecule has 2 unspecified atom stereocenters. The summed E-state index contributed by atoms with van der Waals surface area (Å²) < 4.78 is 4.86. The maximum Gasteiger partial charge on any atom is 0.329 e. The Hall–Kier alpha value is -10.0. The lowest BCUT2D eigenvalue weighted by atomic mass is 10.0. The summed E-state index contributed by atoms with van der Waals surface area (Å²) in [6.07, 6.45) is 0.551. The van der Waals surface area contributed by atoms with Crippen molar-refractivity contribution in [2.75, 3.05) is 118 Å². The van der Waals surface area contributed by atoms with E-state index >= 15 is 0 Å². The van der Waals surface area contributed by atoms with Crippen LogP contribution in [-0.2, 0) is 14.3 Å². The Morgan fingerprint density at radius 1 is 0.471 bits per heavy atom. The highest BCUT2D eigenvalue weighted by molar-refractivity contribution is 6.09. The van der Waals surface area contributed by atoms with E-state index in [0.717, 1.165) is 0 Å². The van der Waals surface area contributed by atoms with Crippen molar-refractivity contribution >= 4 is 70.6 Å². The first-order valence-corrected chi connectivity index (χ1v) is 28.0. The minimum Gasteiger partial charge on any atom is -0.506 e. The predicted molar refractivity (Wildman–Crippen MR) is 313 cm³/mol. The number of para-hydroxylation sites is 4. The summed E-state index contributed by atoms with van der Waals surface area (Å²) in [6, 6.07) is 15.0. The second kappa shape index (κ2) is 31.8. The highest BCUT2D eigenvalue weighted by Gasteiger charge is 2.28. The van der Waals surface area contributed by atoms with E-state index in [2.05, 4.69) is 52.8 Å². The molecule has 12 bridgehead atoms. The lowest BCUT2D eigenvalue weighted by Crippen LogP contribution is -2.46. The first-order chi connectivity index (χ1) is 41.9. The Balaban J connectivity index is 1.34. The summed E-state index contributed by atoms with van der Waals surface area (Å²) in [5.41, 5.74) is -1.88. The number of phenolic OH excluding ortho intramolecular Hbond substituents is 4. The van der Waals surface area contributed by atoms with Crippen molar-refractivity contribution in [1.29, 1.82) is 0 Å². The van der Waals surface area contributed by atoms with Gasteiger partial charge in [0, 0.05) is 72.0 Å². The Bertz CT molecular complexity index is 3230. The average molecular weight is 1200 g/mol. The Labute approximate surface area is 498 Å². The number of rotatable bonds is 9. The Morgan fingerprint density at radius 2 is 0.828 bits per heavy atom. The van der Waals surface area contributed by atoms with Crippen LogP contribution >= 0.6 is 0 Å². The molecule has 0 aliphatic carbocycles. The molecule has 14 N–H and O–H groups in total. The topological polar surface area (TPSA) is 421 Å². The summed E-state index contributed by atoms with van der Waals surface area (Å²) in [7, 11) is 0. The zero-order chi connectivity index (χ0) is 62.4. The third-order valence-electron chi connectivity index (χ3n) is 14.2. The van der Waals surface area contributed by atoms with Crippen LogP contribution in [-0.4, -0.2) is 230 Å². The number of carbonyl (C=O) groups is 10. The minimum absolute atomic E-state index is 0.0167. The first-order valence-electron chi connectivity index (χ1n) is 28.0. The Morgan fingerprint density at radius 3 is 1.22 bits per heavy atom. The van der Waals surface area contributed by atoms with Crippen LogP contribution in [0.4, 0.5) is 0 Å². The molecule has 29 heteroatoms. The highest BCUT2D eigenvalue weighted by atomic mass is 16.5. The van der Waals surface area contributed by atoms with Crippen LogP contribution < -0.4 is 47.9 Å². The van der Waals surface area contributed by atoms with Gasteiger partial charge in [-0.3, -0.25) is 62.9 Å². The molecule has 0 spiro atoms. The van der Waals surface area contributed by atoms with E-state index in [9.17, 15) is 68.4 Å². The molecular formula is C58H69N13O16. The number of benzene rings is 4. The van der Waals surface area contributed by atoms with Gasteiger partial charge in [0.25, 0.3) is 47.3 Å². The molecule has 0 radical (unpaired) electrons. The van der Waals surface area contributed by atoms with Crippen LogP contribution in [0.25, 0.3) is 0 Å². The largest absolute Gasteiger partial charge is 0.506 e. The number of carboxylic acids is 1. The van der Waals surface area contributed by atoms with Gasteiger partial charge in [-0.25, -0.2) is 4.79 Å². The van der Waals surface area contributed by atoms with Gasteiger partial charge in [-0.05, 0) is 67.8 Å². The van der Waals surface area contributed by atoms with E-state index in [1.807, 2.05) is 9.80 Å². The monoisotopic (exact) mass is 1200 g/mol. The van der Waals surface area contributed by atoms with Crippen molar-refractivity contribution in [2.24, 2.45) is 9.98 Å². The van der Waals surface area contributed by atoms with Crippen molar-refractivity contribution in [1.82, 2.24) is 57.7 Å². The van der Waals surface area contributed by atoms with Crippen LogP contribution in [0.2, 0.25) is 0 Å². The zero-order valence-electron chi connectivity index (χ0n) is 47.4. The summed E-state index contributed by atoms with van der Waals surface area (Å²) in [5.74, 6) is -10.7. The molecule has 0 saturated heterocycles.